The number of halogens is 2. The molecule has 0 bridgehead atoms. The Morgan fingerprint density at radius 2 is 1.74 bits per heavy atom. The molecular weight excluding hydrogens is 410 g/mol. The molecule has 1 aromatic rings. The Bertz CT molecular complexity index is 509. The van der Waals surface area contributed by atoms with Crippen molar-refractivity contribution >= 4 is 35.8 Å². The van der Waals surface area contributed by atoms with E-state index >= 15 is 0 Å². The minimum absolute atomic E-state index is 0. The average molecular weight is 436 g/mol. The van der Waals surface area contributed by atoms with Crippen LogP contribution in [0.4, 0.5) is 4.39 Å². The number of carbonyl (C=O) groups excluding carboxylic acids is 1. The van der Waals surface area contributed by atoms with Crippen molar-refractivity contribution in [1.82, 2.24) is 16.0 Å². The van der Waals surface area contributed by atoms with Crippen LogP contribution in [0.25, 0.3) is 0 Å². The molecule has 0 saturated heterocycles. The van der Waals surface area contributed by atoms with Crippen LogP contribution in [0.2, 0.25) is 0 Å². The fourth-order valence-corrected chi connectivity index (χ4v) is 1.81. The second-order valence-electron chi connectivity index (χ2n) is 5.21. The molecule has 0 fully saturated rings. The van der Waals surface area contributed by atoms with Crippen LogP contribution < -0.4 is 16.0 Å². The predicted octanol–water partition coefficient (Wildman–Crippen LogP) is 1.92. The first-order chi connectivity index (χ1) is 10.5. The van der Waals surface area contributed by atoms with Crippen LogP contribution >= 0.6 is 24.0 Å². The highest BCUT2D eigenvalue weighted by Gasteiger charge is 2.05. The standard InChI is InChI=1S/C16H25FN4O.HI/c1-12(2)15(22)19-10-11-21-16(18-3)20-9-8-13-6-4-5-7-14(13)17;/h4-7,12H,8-11H2,1-3H3,(H,19,22)(H2,18,20,21);1H. The Labute approximate surface area is 154 Å². The maximum atomic E-state index is 13.5. The molecule has 0 aromatic heterocycles. The Hall–Kier alpha value is -1.38. The van der Waals surface area contributed by atoms with Gasteiger partial charge < -0.3 is 16.0 Å². The molecule has 1 aromatic carbocycles. The molecule has 5 nitrogen and oxygen atoms in total. The molecule has 0 atom stereocenters. The van der Waals surface area contributed by atoms with Gasteiger partial charge in [0, 0.05) is 32.6 Å². The molecule has 0 aliphatic carbocycles. The molecule has 0 unspecified atom stereocenters. The molecule has 130 valence electrons. The van der Waals surface area contributed by atoms with Crippen molar-refractivity contribution in [3.8, 4) is 0 Å². The summed E-state index contributed by atoms with van der Waals surface area (Å²) in [4.78, 5) is 15.5. The lowest BCUT2D eigenvalue weighted by Gasteiger charge is -2.13. The van der Waals surface area contributed by atoms with Crippen molar-refractivity contribution in [3.05, 3.63) is 35.6 Å². The first-order valence-corrected chi connectivity index (χ1v) is 7.50. The van der Waals surface area contributed by atoms with Crippen LogP contribution in [0.1, 0.15) is 19.4 Å². The van der Waals surface area contributed by atoms with Crippen molar-refractivity contribution in [3.63, 3.8) is 0 Å². The molecule has 7 heteroatoms. The number of hydrogen-bond donors (Lipinski definition) is 3. The highest BCUT2D eigenvalue weighted by Crippen LogP contribution is 2.05. The van der Waals surface area contributed by atoms with Crippen molar-refractivity contribution < 1.29 is 9.18 Å². The fraction of sp³-hybridized carbons (Fsp3) is 0.500. The molecule has 1 amide bonds. The van der Waals surface area contributed by atoms with E-state index in [0.717, 1.165) is 0 Å². The molecule has 0 heterocycles. The van der Waals surface area contributed by atoms with Gasteiger partial charge in [-0.05, 0) is 18.1 Å². The number of carbonyl (C=O) groups is 1. The van der Waals surface area contributed by atoms with E-state index in [9.17, 15) is 9.18 Å². The monoisotopic (exact) mass is 436 g/mol. The van der Waals surface area contributed by atoms with Gasteiger partial charge in [-0.1, -0.05) is 32.0 Å². The van der Waals surface area contributed by atoms with Gasteiger partial charge in [0.2, 0.25) is 5.91 Å². The summed E-state index contributed by atoms with van der Waals surface area (Å²) in [5.41, 5.74) is 0.676. The number of nitrogens with zero attached hydrogens (tertiary/aromatic N) is 1. The largest absolute Gasteiger partial charge is 0.356 e. The molecule has 0 saturated carbocycles. The topological polar surface area (TPSA) is 65.5 Å². The molecule has 0 spiro atoms. The molecular formula is C16H26FIN4O. The molecule has 0 radical (unpaired) electrons. The summed E-state index contributed by atoms with van der Waals surface area (Å²) in [6.45, 7) is 5.40. The maximum absolute atomic E-state index is 13.5. The Morgan fingerprint density at radius 3 is 2.35 bits per heavy atom. The van der Waals surface area contributed by atoms with Crippen LogP contribution in [-0.2, 0) is 11.2 Å². The number of rotatable bonds is 7. The summed E-state index contributed by atoms with van der Waals surface area (Å²) in [5.74, 6) is 0.460. The SMILES string of the molecule is CN=C(NCCNC(=O)C(C)C)NCCc1ccccc1F.I. The number of guanidine groups is 1. The summed E-state index contributed by atoms with van der Waals surface area (Å²) < 4.78 is 13.5. The quantitative estimate of drug-likeness (QED) is 0.265. The minimum Gasteiger partial charge on any atom is -0.356 e. The van der Waals surface area contributed by atoms with Crippen molar-refractivity contribution in [1.29, 1.82) is 0 Å². The van der Waals surface area contributed by atoms with Gasteiger partial charge in [0.25, 0.3) is 0 Å². The highest BCUT2D eigenvalue weighted by molar-refractivity contribution is 14.0. The predicted molar refractivity (Wildman–Crippen MR) is 103 cm³/mol. The van der Waals surface area contributed by atoms with Gasteiger partial charge in [-0.3, -0.25) is 9.79 Å². The van der Waals surface area contributed by atoms with Crippen LogP contribution in [0, 0.1) is 11.7 Å². The summed E-state index contributed by atoms with van der Waals surface area (Å²) in [5, 5.41) is 9.03. The van der Waals surface area contributed by atoms with E-state index in [1.165, 1.54) is 6.07 Å². The zero-order valence-electron chi connectivity index (χ0n) is 13.9. The molecule has 3 N–H and O–H groups in total. The third kappa shape index (κ3) is 8.73. The summed E-state index contributed by atoms with van der Waals surface area (Å²) >= 11 is 0. The second kappa shape index (κ2) is 12.1. The van der Waals surface area contributed by atoms with Gasteiger partial charge >= 0.3 is 0 Å². The third-order valence-corrected chi connectivity index (χ3v) is 3.11. The van der Waals surface area contributed by atoms with Crippen LogP contribution in [0.15, 0.2) is 29.3 Å². The van der Waals surface area contributed by atoms with Gasteiger partial charge in [0.15, 0.2) is 5.96 Å². The Morgan fingerprint density at radius 1 is 1.13 bits per heavy atom. The molecule has 23 heavy (non-hydrogen) atoms. The van der Waals surface area contributed by atoms with Crippen molar-refractivity contribution in [2.45, 2.75) is 20.3 Å². The maximum Gasteiger partial charge on any atom is 0.222 e. The Kier molecular flexibility index (Phi) is 11.4. The number of benzene rings is 1. The van der Waals surface area contributed by atoms with E-state index in [4.69, 9.17) is 0 Å². The normalized spacial score (nSPS) is 10.9. The first-order valence-electron chi connectivity index (χ1n) is 7.50. The summed E-state index contributed by atoms with van der Waals surface area (Å²) in [7, 11) is 1.67. The van der Waals surface area contributed by atoms with Gasteiger partial charge in [-0.2, -0.15) is 0 Å². The number of amides is 1. The van der Waals surface area contributed by atoms with Gasteiger partial charge in [-0.15, -0.1) is 24.0 Å². The first kappa shape index (κ1) is 21.6. The minimum atomic E-state index is -0.191. The number of aliphatic imine (C=N–C) groups is 1. The summed E-state index contributed by atoms with van der Waals surface area (Å²) in [6, 6.07) is 6.73. The number of nitrogens with one attached hydrogen (secondary N) is 3. The van der Waals surface area contributed by atoms with E-state index < -0.39 is 0 Å². The molecule has 0 aliphatic heterocycles. The van der Waals surface area contributed by atoms with Crippen molar-refractivity contribution in [2.24, 2.45) is 10.9 Å². The lowest BCUT2D eigenvalue weighted by Crippen LogP contribution is -2.42. The van der Waals surface area contributed by atoms with Crippen LogP contribution in [-0.4, -0.2) is 38.5 Å². The van der Waals surface area contributed by atoms with Gasteiger partial charge in [0.05, 0.1) is 0 Å². The highest BCUT2D eigenvalue weighted by atomic mass is 127. The Balaban J connectivity index is 0.00000484. The molecule has 0 aliphatic rings. The van der Waals surface area contributed by atoms with Crippen LogP contribution in [0.3, 0.4) is 0 Å². The fourth-order valence-electron chi connectivity index (χ4n) is 1.81. The van der Waals surface area contributed by atoms with E-state index in [1.54, 1.807) is 19.2 Å². The average Bonchev–Trinajstić information content (AvgIpc) is 2.51. The third-order valence-electron chi connectivity index (χ3n) is 3.11. The zero-order chi connectivity index (χ0) is 16.4. The van der Waals surface area contributed by atoms with E-state index in [2.05, 4.69) is 20.9 Å². The lowest BCUT2D eigenvalue weighted by molar-refractivity contribution is -0.123. The number of hydrogen-bond acceptors (Lipinski definition) is 2. The molecule has 1 rings (SSSR count). The van der Waals surface area contributed by atoms with Gasteiger partial charge in [-0.25, -0.2) is 4.39 Å². The zero-order valence-corrected chi connectivity index (χ0v) is 16.2. The van der Waals surface area contributed by atoms with E-state index in [-0.39, 0.29) is 41.6 Å². The van der Waals surface area contributed by atoms with Gasteiger partial charge in [0.1, 0.15) is 5.82 Å². The van der Waals surface area contributed by atoms with Crippen molar-refractivity contribution in [2.75, 3.05) is 26.7 Å². The van der Waals surface area contributed by atoms with E-state index in [0.29, 0.717) is 37.6 Å². The van der Waals surface area contributed by atoms with E-state index in [1.807, 2.05) is 19.9 Å². The smallest absolute Gasteiger partial charge is 0.222 e. The van der Waals surface area contributed by atoms with Crippen LogP contribution in [0.5, 0.6) is 0 Å². The second-order valence-corrected chi connectivity index (χ2v) is 5.21. The lowest BCUT2D eigenvalue weighted by atomic mass is 10.1. The summed E-state index contributed by atoms with van der Waals surface area (Å²) in [6.07, 6.45) is 0.581.